The van der Waals surface area contributed by atoms with E-state index in [1.54, 1.807) is 19.1 Å². The largest absolute Gasteiger partial charge is 0.276 e. The minimum Gasteiger partial charge on any atom is -0.276 e. The summed E-state index contributed by atoms with van der Waals surface area (Å²) >= 11 is 2.80. The molecule has 1 atom stereocenters. The van der Waals surface area contributed by atoms with Gasteiger partial charge in [0.05, 0.1) is 15.1 Å². The summed E-state index contributed by atoms with van der Waals surface area (Å²) in [7, 11) is -8.96. The Morgan fingerprint density at radius 3 is 2.34 bits per heavy atom. The van der Waals surface area contributed by atoms with Crippen molar-refractivity contribution in [3.63, 3.8) is 0 Å². The van der Waals surface area contributed by atoms with Crippen LogP contribution in [0.5, 0.6) is 0 Å². The number of halogens is 5. The number of anilines is 1. The number of nitrogens with zero attached hydrogens (tertiary/aromatic N) is 1. The maximum Gasteiger partial charge on any atom is 0.267 e. The molecule has 0 saturated carbocycles. The molecule has 3 aromatic rings. The summed E-state index contributed by atoms with van der Waals surface area (Å²) in [5, 5.41) is 0. The molecule has 0 radical (unpaired) electrons. The quantitative estimate of drug-likeness (QED) is 0.312. The van der Waals surface area contributed by atoms with Gasteiger partial charge in [-0.3, -0.25) is 4.72 Å². The van der Waals surface area contributed by atoms with E-state index in [2.05, 4.69) is 15.9 Å². The highest BCUT2D eigenvalue weighted by Crippen LogP contribution is 2.37. The van der Waals surface area contributed by atoms with Crippen LogP contribution in [0.2, 0.25) is 0 Å². The second kappa shape index (κ2) is 9.25. The summed E-state index contributed by atoms with van der Waals surface area (Å²) in [5.74, 6) is -3.16. The Hall–Kier alpha value is -2.38. The third-order valence-electron chi connectivity index (χ3n) is 5.84. The summed E-state index contributed by atoms with van der Waals surface area (Å²) in [4.78, 5) is -0.656. The monoisotopic (exact) mass is 594 g/mol. The molecule has 4 rings (SSSR count). The van der Waals surface area contributed by atoms with Gasteiger partial charge in [0.15, 0.2) is 0 Å². The Morgan fingerprint density at radius 2 is 1.71 bits per heavy atom. The lowest BCUT2D eigenvalue weighted by Gasteiger charge is -2.24. The van der Waals surface area contributed by atoms with Crippen LogP contribution >= 0.6 is 15.9 Å². The van der Waals surface area contributed by atoms with Crippen molar-refractivity contribution in [2.45, 2.75) is 42.4 Å². The van der Waals surface area contributed by atoms with E-state index in [1.807, 2.05) is 4.72 Å². The number of hydrogen-bond donors (Lipinski definition) is 1. The van der Waals surface area contributed by atoms with E-state index in [0.29, 0.717) is 10.0 Å². The summed E-state index contributed by atoms with van der Waals surface area (Å²) in [6.45, 7) is 1.75. The molecular formula is C22H19BrF4N2O4S2. The van der Waals surface area contributed by atoms with Crippen LogP contribution in [0.15, 0.2) is 56.9 Å². The minimum absolute atomic E-state index is 0.0445. The van der Waals surface area contributed by atoms with Gasteiger partial charge in [-0.1, -0.05) is 17.7 Å². The van der Waals surface area contributed by atoms with Crippen molar-refractivity contribution in [3.8, 4) is 0 Å². The van der Waals surface area contributed by atoms with Crippen LogP contribution in [0, 0.1) is 24.5 Å². The number of aryl methyl sites for hydroxylation is 1. The lowest BCUT2D eigenvalue weighted by Crippen LogP contribution is -2.25. The van der Waals surface area contributed by atoms with Crippen LogP contribution < -0.4 is 4.72 Å². The topological polar surface area (TPSA) is 85.2 Å². The lowest BCUT2D eigenvalue weighted by molar-refractivity contribution is 0.0687. The fourth-order valence-corrected chi connectivity index (χ4v) is 7.14. The van der Waals surface area contributed by atoms with Crippen LogP contribution in [0.25, 0.3) is 0 Å². The van der Waals surface area contributed by atoms with Gasteiger partial charge in [0.25, 0.3) is 20.0 Å². The lowest BCUT2D eigenvalue weighted by atomic mass is 9.88. The van der Waals surface area contributed by atoms with Gasteiger partial charge in [0, 0.05) is 23.9 Å². The van der Waals surface area contributed by atoms with Crippen molar-refractivity contribution >= 4 is 41.7 Å². The van der Waals surface area contributed by atoms with E-state index in [0.717, 1.165) is 17.8 Å². The maximum absolute atomic E-state index is 14.3. The van der Waals surface area contributed by atoms with Gasteiger partial charge >= 0.3 is 0 Å². The molecule has 0 aliphatic heterocycles. The van der Waals surface area contributed by atoms with Crippen molar-refractivity contribution in [1.82, 2.24) is 3.97 Å². The molecule has 2 aromatic carbocycles. The van der Waals surface area contributed by atoms with E-state index in [1.165, 1.54) is 12.1 Å². The second-order valence-corrected chi connectivity index (χ2v) is 12.5. The first kappa shape index (κ1) is 25.7. The first-order valence-corrected chi connectivity index (χ1v) is 14.0. The highest BCUT2D eigenvalue weighted by molar-refractivity contribution is 9.10. The summed E-state index contributed by atoms with van der Waals surface area (Å²) < 4.78 is 111. The number of benzene rings is 2. The molecule has 1 aliphatic rings. The van der Waals surface area contributed by atoms with Crippen LogP contribution in [0.4, 0.5) is 23.2 Å². The van der Waals surface area contributed by atoms with E-state index in [-0.39, 0.29) is 39.9 Å². The molecule has 0 amide bonds. The van der Waals surface area contributed by atoms with Crippen molar-refractivity contribution in [3.05, 3.63) is 75.5 Å². The molecule has 1 N–H and O–H groups in total. The van der Waals surface area contributed by atoms with Gasteiger partial charge in [0.2, 0.25) is 6.43 Å². The zero-order valence-corrected chi connectivity index (χ0v) is 21.3. The molecule has 35 heavy (non-hydrogen) atoms. The Morgan fingerprint density at radius 1 is 1.06 bits per heavy atom. The molecule has 1 unspecified atom stereocenters. The highest BCUT2D eigenvalue weighted by atomic mass is 79.9. The third-order valence-corrected chi connectivity index (χ3v) is 9.58. The average molecular weight is 595 g/mol. The van der Waals surface area contributed by atoms with E-state index in [4.69, 9.17) is 0 Å². The number of rotatable bonds is 6. The summed E-state index contributed by atoms with van der Waals surface area (Å²) in [5.41, 5.74) is 0.0652. The SMILES string of the molecule is Cc1ccc(S(=O)(=O)n2cc(S(=O)(=O)Nc3cc(F)c(Br)cc3F)c3c2CC(C(F)F)CC3)cc1. The number of hydrogen-bond acceptors (Lipinski definition) is 4. The number of aromatic nitrogens is 1. The zero-order chi connectivity index (χ0) is 25.7. The number of fused-ring (bicyclic) bond motifs is 1. The van der Waals surface area contributed by atoms with Crippen molar-refractivity contribution in [2.24, 2.45) is 5.92 Å². The fraction of sp³-hybridized carbons (Fsp3) is 0.273. The normalized spacial score (nSPS) is 16.4. The number of sulfonamides is 1. The first-order chi connectivity index (χ1) is 16.3. The second-order valence-electron chi connectivity index (χ2n) is 8.22. The predicted octanol–water partition coefficient (Wildman–Crippen LogP) is 5.25. The van der Waals surface area contributed by atoms with E-state index >= 15 is 0 Å². The minimum atomic E-state index is -4.62. The predicted molar refractivity (Wildman–Crippen MR) is 125 cm³/mol. The van der Waals surface area contributed by atoms with Gasteiger partial charge in [-0.15, -0.1) is 0 Å². The van der Waals surface area contributed by atoms with E-state index in [9.17, 15) is 34.4 Å². The molecule has 0 bridgehead atoms. The van der Waals surface area contributed by atoms with Crippen LogP contribution in [-0.2, 0) is 32.9 Å². The van der Waals surface area contributed by atoms with Gasteiger partial charge in [0.1, 0.15) is 16.5 Å². The van der Waals surface area contributed by atoms with Gasteiger partial charge in [-0.2, -0.15) is 0 Å². The molecule has 13 heteroatoms. The molecule has 1 heterocycles. The van der Waals surface area contributed by atoms with Crippen LogP contribution in [0.3, 0.4) is 0 Å². The number of nitrogens with one attached hydrogen (secondary N) is 1. The maximum atomic E-state index is 14.3. The number of alkyl halides is 2. The Bertz CT molecular complexity index is 1510. The van der Waals surface area contributed by atoms with Crippen LogP contribution in [0.1, 0.15) is 23.2 Å². The molecule has 0 spiro atoms. The van der Waals surface area contributed by atoms with Crippen molar-refractivity contribution < 1.29 is 34.4 Å². The van der Waals surface area contributed by atoms with Crippen molar-refractivity contribution in [1.29, 1.82) is 0 Å². The van der Waals surface area contributed by atoms with Gasteiger partial charge in [-0.05, 0) is 65.9 Å². The first-order valence-electron chi connectivity index (χ1n) is 10.3. The molecule has 1 aromatic heterocycles. The molecule has 188 valence electrons. The third kappa shape index (κ3) is 4.85. The molecule has 0 saturated heterocycles. The molecule has 0 fully saturated rings. The van der Waals surface area contributed by atoms with E-state index < -0.39 is 54.6 Å². The van der Waals surface area contributed by atoms with Crippen LogP contribution in [-0.4, -0.2) is 27.2 Å². The Labute approximate surface area is 208 Å². The zero-order valence-electron chi connectivity index (χ0n) is 18.1. The summed E-state index contributed by atoms with van der Waals surface area (Å²) in [6.07, 6.45) is -2.46. The fourth-order valence-electron chi connectivity index (χ4n) is 3.98. The standard InChI is InChI=1S/C22H19BrF4N2O4S2/c1-12-2-5-14(6-3-12)35(32,33)29-11-21(15-7-4-13(22(26)27)8-20(15)29)34(30,31)28-19-10-17(24)16(23)9-18(19)25/h2-3,5-6,9-11,13,22,28H,4,7-8H2,1H3. The smallest absolute Gasteiger partial charge is 0.267 e. The molecule has 1 aliphatic carbocycles. The van der Waals surface area contributed by atoms with Gasteiger partial charge < -0.3 is 0 Å². The van der Waals surface area contributed by atoms with Crippen molar-refractivity contribution in [2.75, 3.05) is 4.72 Å². The summed E-state index contributed by atoms with van der Waals surface area (Å²) in [6, 6.07) is 7.14. The highest BCUT2D eigenvalue weighted by Gasteiger charge is 2.37. The Kier molecular flexibility index (Phi) is 6.79. The average Bonchev–Trinajstić information content (AvgIpc) is 3.18. The molecule has 6 nitrogen and oxygen atoms in total. The molecular weight excluding hydrogens is 576 g/mol. The van der Waals surface area contributed by atoms with Gasteiger partial charge in [-0.25, -0.2) is 38.4 Å². The Balaban J connectivity index is 1.86.